The molecule has 0 aromatic carbocycles. The average Bonchev–Trinajstić information content (AvgIpc) is 2.78. The Labute approximate surface area is 116 Å². The number of nitriles is 1. The summed E-state index contributed by atoms with van der Waals surface area (Å²) in [6, 6.07) is 3.61. The first-order valence-electron chi connectivity index (χ1n) is 5.79. The molecule has 2 aromatic rings. The summed E-state index contributed by atoms with van der Waals surface area (Å²) in [6.07, 6.45) is 6.54. The molecule has 0 spiro atoms. The summed E-state index contributed by atoms with van der Waals surface area (Å²) < 4.78 is 13.2. The molecule has 2 heterocycles. The van der Waals surface area contributed by atoms with E-state index < -0.39 is 13.9 Å². The Balaban J connectivity index is 2.63. The van der Waals surface area contributed by atoms with E-state index in [0.717, 1.165) is 11.1 Å². The Morgan fingerprint density at radius 1 is 1.45 bits per heavy atom. The molecule has 1 atom stereocenters. The van der Waals surface area contributed by atoms with Gasteiger partial charge in [0.2, 0.25) is 0 Å². The summed E-state index contributed by atoms with van der Waals surface area (Å²) in [4.78, 5) is 15.9. The van der Waals surface area contributed by atoms with Gasteiger partial charge in [-0.1, -0.05) is 0 Å². The number of hydrogen-bond donors (Lipinski definition) is 1. The lowest BCUT2D eigenvalue weighted by atomic mass is 10.1. The summed E-state index contributed by atoms with van der Waals surface area (Å²) >= 11 is 0. The third-order valence-electron chi connectivity index (χ3n) is 2.92. The molecule has 20 heavy (non-hydrogen) atoms. The number of nitrogens with zero attached hydrogens (tertiary/aromatic N) is 3. The van der Waals surface area contributed by atoms with Gasteiger partial charge >= 0.3 is 7.95 Å². The first-order valence-corrected chi connectivity index (χ1v) is 7.45. The van der Waals surface area contributed by atoms with Crippen LogP contribution >= 0.6 is 7.95 Å². The van der Waals surface area contributed by atoms with Crippen LogP contribution in [0.5, 0.6) is 0 Å². The average molecular weight is 287 g/mol. The van der Waals surface area contributed by atoms with Crippen LogP contribution in [0.15, 0.2) is 30.7 Å². The molecule has 0 saturated heterocycles. The van der Waals surface area contributed by atoms with Crippen molar-refractivity contribution < 1.29 is 9.36 Å². The summed E-state index contributed by atoms with van der Waals surface area (Å²) in [7, 11) is -1.76. The highest BCUT2D eigenvalue weighted by molar-refractivity contribution is 7.42. The topological polar surface area (TPSA) is 87.8 Å². The smallest absolute Gasteiger partial charge is 0.266 e. The van der Waals surface area contributed by atoms with Crippen molar-refractivity contribution in [1.82, 2.24) is 14.6 Å². The van der Waals surface area contributed by atoms with E-state index in [2.05, 4.69) is 10.3 Å². The number of pyridine rings is 1. The lowest BCUT2D eigenvalue weighted by Gasteiger charge is -2.00. The summed E-state index contributed by atoms with van der Waals surface area (Å²) in [5, 5.41) is 10.6. The summed E-state index contributed by atoms with van der Waals surface area (Å²) in [5.74, 6) is -0.560. The highest BCUT2D eigenvalue weighted by Gasteiger charge is 2.27. The van der Waals surface area contributed by atoms with Gasteiger partial charge in [0, 0.05) is 18.0 Å². The van der Waals surface area contributed by atoms with Crippen molar-refractivity contribution in [3.63, 3.8) is 0 Å². The van der Waals surface area contributed by atoms with Gasteiger partial charge in [-0.05, 0) is 34.7 Å². The number of carbonyl (C=O) groups excluding carboxylic acids is 1. The van der Waals surface area contributed by atoms with Crippen molar-refractivity contribution >= 4 is 13.9 Å². The molecule has 0 saturated carbocycles. The fourth-order valence-corrected chi connectivity index (χ4v) is 2.81. The molecule has 6 nitrogen and oxygen atoms in total. The van der Waals surface area contributed by atoms with Crippen LogP contribution in [-0.4, -0.2) is 21.9 Å². The molecule has 1 amide bonds. The van der Waals surface area contributed by atoms with E-state index in [9.17, 15) is 9.36 Å². The Bertz CT molecular complexity index is 716. The quantitative estimate of drug-likeness (QED) is 0.533. The first-order chi connectivity index (χ1) is 9.56. The van der Waals surface area contributed by atoms with E-state index in [1.54, 1.807) is 43.8 Å². The standard InChI is InChI=1S/C13H11N4O2P/c1-9-11(10-3-5-15-6-4-10)7-17(20(2)19)12(9)13(18)16-8-14/h3-7H,1-2H3/p+1. The Morgan fingerprint density at radius 2 is 2.10 bits per heavy atom. The zero-order chi connectivity index (χ0) is 14.7. The Morgan fingerprint density at radius 3 is 2.65 bits per heavy atom. The van der Waals surface area contributed by atoms with Gasteiger partial charge in [0.25, 0.3) is 5.91 Å². The zero-order valence-electron chi connectivity index (χ0n) is 11.0. The molecule has 0 aliphatic heterocycles. The van der Waals surface area contributed by atoms with Crippen LogP contribution in [0.3, 0.4) is 0 Å². The summed E-state index contributed by atoms with van der Waals surface area (Å²) in [6.45, 7) is 3.27. The lowest BCUT2D eigenvalue weighted by Crippen LogP contribution is -2.20. The molecule has 0 radical (unpaired) electrons. The highest BCUT2D eigenvalue weighted by atomic mass is 31.1. The molecule has 0 aliphatic rings. The van der Waals surface area contributed by atoms with E-state index in [-0.39, 0.29) is 5.69 Å². The van der Waals surface area contributed by atoms with Crippen LogP contribution in [0.1, 0.15) is 16.1 Å². The van der Waals surface area contributed by atoms with E-state index in [1.165, 1.54) is 11.0 Å². The fraction of sp³-hybridized carbons (Fsp3) is 0.154. The van der Waals surface area contributed by atoms with E-state index >= 15 is 0 Å². The number of hydrogen-bond acceptors (Lipinski definition) is 4. The van der Waals surface area contributed by atoms with Gasteiger partial charge in [0.1, 0.15) is 0 Å². The van der Waals surface area contributed by atoms with E-state index in [4.69, 9.17) is 5.26 Å². The first kappa shape index (κ1) is 13.9. The van der Waals surface area contributed by atoms with Gasteiger partial charge in [-0.2, -0.15) is 5.26 Å². The maximum absolute atomic E-state index is 11.9. The molecule has 2 rings (SSSR count). The molecular formula is C13H12N4O2P+. The molecule has 0 bridgehead atoms. The van der Waals surface area contributed by atoms with Crippen molar-refractivity contribution in [2.75, 3.05) is 6.66 Å². The van der Waals surface area contributed by atoms with Crippen LogP contribution in [0, 0.1) is 18.4 Å². The predicted octanol–water partition coefficient (Wildman–Crippen LogP) is 2.29. The van der Waals surface area contributed by atoms with Crippen molar-refractivity contribution in [2.45, 2.75) is 6.92 Å². The zero-order valence-corrected chi connectivity index (χ0v) is 11.9. The maximum Gasteiger partial charge on any atom is 0.463 e. The molecule has 7 heteroatoms. The largest absolute Gasteiger partial charge is 0.463 e. The number of carbonyl (C=O) groups is 1. The van der Waals surface area contributed by atoms with Crippen molar-refractivity contribution in [2.24, 2.45) is 0 Å². The molecule has 1 unspecified atom stereocenters. The second-order valence-corrected chi connectivity index (χ2v) is 5.49. The van der Waals surface area contributed by atoms with Gasteiger partial charge in [0.15, 0.2) is 18.6 Å². The number of nitrogens with one attached hydrogen (secondary N) is 1. The maximum atomic E-state index is 11.9. The van der Waals surface area contributed by atoms with Crippen LogP contribution in [0.4, 0.5) is 0 Å². The normalized spacial score (nSPS) is 10.8. The molecule has 2 aromatic heterocycles. The molecule has 0 fully saturated rings. The molecule has 0 aliphatic carbocycles. The minimum Gasteiger partial charge on any atom is -0.266 e. The van der Waals surface area contributed by atoms with Gasteiger partial charge in [-0.3, -0.25) is 15.1 Å². The monoisotopic (exact) mass is 287 g/mol. The highest BCUT2D eigenvalue weighted by Crippen LogP contribution is 2.33. The third kappa shape index (κ3) is 2.44. The van der Waals surface area contributed by atoms with Crippen LogP contribution in [0.25, 0.3) is 11.1 Å². The SMILES string of the molecule is Cc1c(-c2ccncc2)cn([P+](C)=O)c1C(=O)NC#N. The minimum atomic E-state index is -1.76. The Hall–Kier alpha value is -2.51. The number of rotatable bonds is 3. The van der Waals surface area contributed by atoms with E-state index in [0.29, 0.717) is 5.56 Å². The lowest BCUT2D eigenvalue weighted by molar-refractivity contribution is 0.0966. The van der Waals surface area contributed by atoms with E-state index in [1.807, 2.05) is 0 Å². The third-order valence-corrected chi connectivity index (χ3v) is 3.84. The molecular weight excluding hydrogens is 275 g/mol. The second kappa shape index (κ2) is 5.64. The molecule has 100 valence electrons. The number of aromatic nitrogens is 2. The van der Waals surface area contributed by atoms with Gasteiger partial charge in [-0.25, -0.2) is 0 Å². The van der Waals surface area contributed by atoms with Crippen molar-refractivity contribution in [3.8, 4) is 17.3 Å². The van der Waals surface area contributed by atoms with Gasteiger partial charge in [0.05, 0.1) is 6.20 Å². The second-order valence-electron chi connectivity index (χ2n) is 4.13. The predicted molar refractivity (Wildman–Crippen MR) is 74.4 cm³/mol. The van der Waals surface area contributed by atoms with Crippen molar-refractivity contribution in [3.05, 3.63) is 42.0 Å². The van der Waals surface area contributed by atoms with Crippen molar-refractivity contribution in [1.29, 1.82) is 5.26 Å². The van der Waals surface area contributed by atoms with Crippen LogP contribution in [0.2, 0.25) is 0 Å². The summed E-state index contributed by atoms with van der Waals surface area (Å²) in [5.41, 5.74) is 2.58. The van der Waals surface area contributed by atoms with Gasteiger partial charge in [-0.15, -0.1) is 4.34 Å². The fourth-order valence-electron chi connectivity index (χ4n) is 2.01. The van der Waals surface area contributed by atoms with Crippen LogP contribution < -0.4 is 5.32 Å². The number of amides is 1. The van der Waals surface area contributed by atoms with Gasteiger partial charge < -0.3 is 0 Å². The Kier molecular flexibility index (Phi) is 3.92. The van der Waals surface area contributed by atoms with Crippen LogP contribution in [-0.2, 0) is 4.57 Å². The minimum absolute atomic E-state index is 0.238. The molecule has 1 N–H and O–H groups in total.